The highest BCUT2D eigenvalue weighted by Gasteiger charge is 2.14. The van der Waals surface area contributed by atoms with Crippen molar-refractivity contribution < 1.29 is 9.26 Å². The molecule has 1 N–H and O–H groups in total. The zero-order chi connectivity index (χ0) is 17.4. The molecule has 0 spiro atoms. The third kappa shape index (κ3) is 6.62. The van der Waals surface area contributed by atoms with E-state index < -0.39 is 0 Å². The van der Waals surface area contributed by atoms with Gasteiger partial charge in [-0.1, -0.05) is 35.5 Å². The van der Waals surface area contributed by atoms with Crippen LogP contribution in [0.4, 0.5) is 0 Å². The molecule has 1 aromatic carbocycles. The summed E-state index contributed by atoms with van der Waals surface area (Å²) in [6.07, 6.45) is -0.174. The van der Waals surface area contributed by atoms with Crippen LogP contribution in [0.3, 0.4) is 0 Å². The van der Waals surface area contributed by atoms with E-state index in [4.69, 9.17) is 9.26 Å². The Labute approximate surface area is 165 Å². The molecule has 0 aliphatic rings. The number of halogens is 1. The lowest BCUT2D eigenvalue weighted by Gasteiger charge is -2.21. The van der Waals surface area contributed by atoms with Gasteiger partial charge in [0.15, 0.2) is 11.8 Å². The first-order valence-corrected chi connectivity index (χ1v) is 8.03. The molecule has 0 aliphatic heterocycles. The van der Waals surface area contributed by atoms with Crippen molar-refractivity contribution in [3.63, 3.8) is 0 Å². The quantitative estimate of drug-likeness (QED) is 0.390. The van der Waals surface area contributed by atoms with Crippen LogP contribution < -0.4 is 5.32 Å². The maximum atomic E-state index is 5.46. The van der Waals surface area contributed by atoms with Crippen LogP contribution in [0.2, 0.25) is 0 Å². The van der Waals surface area contributed by atoms with Crippen LogP contribution in [0.15, 0.2) is 39.8 Å². The lowest BCUT2D eigenvalue weighted by molar-refractivity contribution is 0.0683. The number of rotatable bonds is 7. The van der Waals surface area contributed by atoms with E-state index in [1.807, 2.05) is 44.0 Å². The molecule has 0 saturated heterocycles. The second kappa shape index (κ2) is 11.0. The number of aromatic nitrogens is 2. The molecule has 0 radical (unpaired) electrons. The third-order valence-electron chi connectivity index (χ3n) is 3.50. The minimum Gasteiger partial charge on any atom is -0.371 e. The van der Waals surface area contributed by atoms with E-state index in [9.17, 15) is 0 Å². The normalized spacial score (nSPS) is 12.4. The maximum absolute atomic E-state index is 5.46. The molecule has 0 saturated carbocycles. The minimum atomic E-state index is -0.174. The van der Waals surface area contributed by atoms with Gasteiger partial charge in [0, 0.05) is 27.2 Å². The first kappa shape index (κ1) is 21.4. The maximum Gasteiger partial charge on any atom is 0.246 e. The van der Waals surface area contributed by atoms with Gasteiger partial charge in [-0.25, -0.2) is 0 Å². The molecule has 138 valence electrons. The fourth-order valence-corrected chi connectivity index (χ4v) is 2.30. The summed E-state index contributed by atoms with van der Waals surface area (Å²) in [4.78, 5) is 10.7. The lowest BCUT2D eigenvalue weighted by atomic mass is 10.2. The van der Waals surface area contributed by atoms with E-state index >= 15 is 0 Å². The summed E-state index contributed by atoms with van der Waals surface area (Å²) in [5.74, 6) is 1.82. The van der Waals surface area contributed by atoms with Gasteiger partial charge >= 0.3 is 0 Å². The Morgan fingerprint density at radius 3 is 2.72 bits per heavy atom. The van der Waals surface area contributed by atoms with E-state index in [0.717, 1.165) is 12.5 Å². The Hall–Kier alpha value is -1.68. The highest BCUT2D eigenvalue weighted by Crippen LogP contribution is 2.12. The summed E-state index contributed by atoms with van der Waals surface area (Å²) in [6, 6.07) is 10.2. The Bertz CT molecular complexity index is 647. The molecule has 2 aromatic rings. The van der Waals surface area contributed by atoms with E-state index in [0.29, 0.717) is 24.9 Å². The summed E-state index contributed by atoms with van der Waals surface area (Å²) >= 11 is 0. The molecule has 0 amide bonds. The Kier molecular flexibility index (Phi) is 9.43. The molecule has 0 fully saturated rings. The summed E-state index contributed by atoms with van der Waals surface area (Å²) in [6.45, 7) is 5.62. The van der Waals surface area contributed by atoms with Crippen LogP contribution in [0.1, 0.15) is 37.2 Å². The van der Waals surface area contributed by atoms with E-state index in [-0.39, 0.29) is 30.1 Å². The summed E-state index contributed by atoms with van der Waals surface area (Å²) < 4.78 is 10.7. The first-order chi connectivity index (χ1) is 11.6. The largest absolute Gasteiger partial charge is 0.371 e. The standard InChI is InChI=1S/C17H25N5O2.HI/c1-5-23-13(2)16-20-15(24-21-16)11-19-17(18-3)22(4)12-14-9-7-6-8-10-14;/h6-10,13H,5,11-12H2,1-4H3,(H,18,19);1H. The second-order valence-corrected chi connectivity index (χ2v) is 5.39. The zero-order valence-corrected chi connectivity index (χ0v) is 17.4. The Morgan fingerprint density at radius 2 is 2.08 bits per heavy atom. The highest BCUT2D eigenvalue weighted by atomic mass is 127. The molecule has 7 nitrogen and oxygen atoms in total. The van der Waals surface area contributed by atoms with Crippen LogP contribution in [-0.4, -0.2) is 41.7 Å². The molecule has 1 atom stereocenters. The average molecular weight is 459 g/mol. The number of guanidine groups is 1. The van der Waals surface area contributed by atoms with E-state index in [1.165, 1.54) is 5.56 Å². The van der Waals surface area contributed by atoms with Crippen molar-refractivity contribution in [1.29, 1.82) is 0 Å². The fourth-order valence-electron chi connectivity index (χ4n) is 2.30. The number of nitrogens with zero attached hydrogens (tertiary/aromatic N) is 4. The van der Waals surface area contributed by atoms with Gasteiger partial charge in [-0.3, -0.25) is 4.99 Å². The number of aliphatic imine (C=N–C) groups is 1. The second-order valence-electron chi connectivity index (χ2n) is 5.39. The highest BCUT2D eigenvalue weighted by molar-refractivity contribution is 14.0. The molecule has 2 rings (SSSR count). The SMILES string of the molecule is CCOC(C)c1noc(CNC(=NC)N(C)Cc2ccccc2)n1.I. The van der Waals surface area contributed by atoms with Crippen molar-refractivity contribution in [1.82, 2.24) is 20.4 Å². The molecular weight excluding hydrogens is 433 g/mol. The molecule has 0 aliphatic carbocycles. The topological polar surface area (TPSA) is 75.8 Å². The fraction of sp³-hybridized carbons (Fsp3) is 0.471. The molecule has 0 bridgehead atoms. The summed E-state index contributed by atoms with van der Waals surface area (Å²) in [5.41, 5.74) is 1.22. The predicted octanol–water partition coefficient (Wildman–Crippen LogP) is 2.99. The average Bonchev–Trinajstić information content (AvgIpc) is 3.05. The van der Waals surface area contributed by atoms with Gasteiger partial charge in [-0.2, -0.15) is 4.98 Å². The van der Waals surface area contributed by atoms with Crippen LogP contribution in [0.25, 0.3) is 0 Å². The van der Waals surface area contributed by atoms with Gasteiger partial charge in [0.05, 0.1) is 6.54 Å². The number of ether oxygens (including phenoxy) is 1. The zero-order valence-electron chi connectivity index (χ0n) is 15.1. The third-order valence-corrected chi connectivity index (χ3v) is 3.50. The number of nitrogens with one attached hydrogen (secondary N) is 1. The van der Waals surface area contributed by atoms with Crippen LogP contribution in [0.5, 0.6) is 0 Å². The van der Waals surface area contributed by atoms with Crippen molar-refractivity contribution in [2.75, 3.05) is 20.7 Å². The van der Waals surface area contributed by atoms with Crippen molar-refractivity contribution >= 4 is 29.9 Å². The molecule has 1 heterocycles. The molecule has 25 heavy (non-hydrogen) atoms. The molecule has 1 unspecified atom stereocenters. The van der Waals surface area contributed by atoms with Gasteiger partial charge < -0.3 is 19.5 Å². The lowest BCUT2D eigenvalue weighted by Crippen LogP contribution is -2.38. The van der Waals surface area contributed by atoms with Gasteiger partial charge in [-0.15, -0.1) is 24.0 Å². The van der Waals surface area contributed by atoms with Crippen molar-refractivity contribution in [2.45, 2.75) is 33.0 Å². The van der Waals surface area contributed by atoms with Crippen molar-refractivity contribution in [3.8, 4) is 0 Å². The molecule has 8 heteroatoms. The predicted molar refractivity (Wildman–Crippen MR) is 108 cm³/mol. The number of hydrogen-bond donors (Lipinski definition) is 1. The number of benzene rings is 1. The van der Waals surface area contributed by atoms with Crippen molar-refractivity contribution in [2.24, 2.45) is 4.99 Å². The summed E-state index contributed by atoms with van der Waals surface area (Å²) in [7, 11) is 3.74. The van der Waals surface area contributed by atoms with Crippen molar-refractivity contribution in [3.05, 3.63) is 47.6 Å². The first-order valence-electron chi connectivity index (χ1n) is 8.03. The summed E-state index contributed by atoms with van der Waals surface area (Å²) in [5, 5.41) is 7.18. The number of hydrogen-bond acceptors (Lipinski definition) is 5. The Balaban J connectivity index is 0.00000312. The molecular formula is C17H26IN5O2. The molecule has 1 aromatic heterocycles. The van der Waals surface area contributed by atoms with Gasteiger partial charge in [0.2, 0.25) is 5.89 Å². The van der Waals surface area contributed by atoms with Gasteiger partial charge in [0.25, 0.3) is 0 Å². The van der Waals surface area contributed by atoms with Crippen LogP contribution >= 0.6 is 24.0 Å². The van der Waals surface area contributed by atoms with Gasteiger partial charge in [-0.05, 0) is 19.4 Å². The van der Waals surface area contributed by atoms with Crippen LogP contribution in [-0.2, 0) is 17.8 Å². The minimum absolute atomic E-state index is 0. The van der Waals surface area contributed by atoms with E-state index in [1.54, 1.807) is 7.05 Å². The smallest absolute Gasteiger partial charge is 0.246 e. The monoisotopic (exact) mass is 459 g/mol. The van der Waals surface area contributed by atoms with E-state index in [2.05, 4.69) is 32.6 Å². The van der Waals surface area contributed by atoms with Crippen LogP contribution in [0, 0.1) is 0 Å². The van der Waals surface area contributed by atoms with Gasteiger partial charge in [0.1, 0.15) is 6.10 Å². The Morgan fingerprint density at radius 1 is 1.36 bits per heavy atom.